The number of benzene rings is 3. The van der Waals surface area contributed by atoms with Gasteiger partial charge < -0.3 is 10.4 Å². The maximum atomic E-state index is 12.7. The molecule has 184 valence electrons. The maximum absolute atomic E-state index is 12.7. The fourth-order valence-corrected chi connectivity index (χ4v) is 4.69. The minimum atomic E-state index is -0.452. The molecule has 0 bridgehead atoms. The third kappa shape index (κ3) is 6.21. The third-order valence-electron chi connectivity index (χ3n) is 6.60. The highest BCUT2D eigenvalue weighted by Crippen LogP contribution is 2.28. The third-order valence-corrected chi connectivity index (χ3v) is 6.90. The van der Waals surface area contributed by atoms with Gasteiger partial charge in [-0.1, -0.05) is 48.0 Å². The van der Waals surface area contributed by atoms with E-state index in [9.17, 15) is 14.7 Å². The quantitative estimate of drug-likeness (QED) is 0.313. The predicted molar refractivity (Wildman–Crippen MR) is 140 cm³/mol. The van der Waals surface area contributed by atoms with Crippen LogP contribution in [0.25, 0.3) is 10.8 Å². The molecule has 3 aromatic rings. The molecule has 0 atom stereocenters. The molecule has 3 N–H and O–H groups in total. The Morgan fingerprint density at radius 1 is 1.08 bits per heavy atom. The number of hydrogen-bond donors (Lipinski definition) is 3. The molecule has 1 aliphatic carbocycles. The molecule has 1 aliphatic rings. The monoisotopic (exact) mass is 502 g/mol. The van der Waals surface area contributed by atoms with Crippen LogP contribution in [0.4, 0.5) is 0 Å². The Morgan fingerprint density at radius 2 is 1.83 bits per heavy atom. The maximum Gasteiger partial charge on any atom is 0.271 e. The van der Waals surface area contributed by atoms with Gasteiger partial charge in [-0.3, -0.25) is 9.59 Å². The lowest BCUT2D eigenvalue weighted by Crippen LogP contribution is -2.32. The summed E-state index contributed by atoms with van der Waals surface area (Å²) in [4.78, 5) is 25.0. The molecule has 0 unspecified atom stereocenters. The van der Waals surface area contributed by atoms with Crippen LogP contribution in [0.5, 0.6) is 5.75 Å². The number of nitrogens with one attached hydrogen (secondary N) is 2. The Bertz CT molecular complexity index is 1340. The normalized spacial score (nSPS) is 17.6. The van der Waals surface area contributed by atoms with Crippen LogP contribution in [0, 0.1) is 23.2 Å². The molecule has 3 aromatic carbocycles. The zero-order valence-electron chi connectivity index (χ0n) is 19.7. The molecule has 1 saturated carbocycles. The van der Waals surface area contributed by atoms with Crippen molar-refractivity contribution in [3.8, 4) is 11.8 Å². The van der Waals surface area contributed by atoms with E-state index >= 15 is 0 Å². The van der Waals surface area contributed by atoms with Crippen molar-refractivity contribution < 1.29 is 14.7 Å². The average molecular weight is 503 g/mol. The van der Waals surface area contributed by atoms with Crippen molar-refractivity contribution in [1.29, 1.82) is 5.26 Å². The average Bonchev–Trinajstić information content (AvgIpc) is 2.90. The van der Waals surface area contributed by atoms with Crippen LogP contribution in [-0.4, -0.2) is 29.7 Å². The van der Waals surface area contributed by atoms with E-state index in [4.69, 9.17) is 16.9 Å². The fourth-order valence-electron chi connectivity index (χ4n) is 4.51. The summed E-state index contributed by atoms with van der Waals surface area (Å²) in [6.45, 7) is 0.644. The fraction of sp³-hybridized carbons (Fsp3) is 0.286. The number of carbonyl (C=O) groups excluding carboxylic acids is 2. The highest BCUT2D eigenvalue weighted by Gasteiger charge is 2.21. The zero-order valence-corrected chi connectivity index (χ0v) is 20.5. The van der Waals surface area contributed by atoms with Gasteiger partial charge in [0.05, 0.1) is 23.7 Å². The number of fused-ring (bicyclic) bond motifs is 1. The summed E-state index contributed by atoms with van der Waals surface area (Å²) in [6.07, 6.45) is 5.60. The van der Waals surface area contributed by atoms with E-state index in [1.165, 1.54) is 18.2 Å². The molecular formula is C28H27ClN4O3. The molecule has 0 heterocycles. The number of phenols is 1. The first-order valence-corrected chi connectivity index (χ1v) is 12.3. The molecule has 2 amide bonds. The van der Waals surface area contributed by atoms with Gasteiger partial charge in [-0.05, 0) is 66.1 Å². The number of aromatic hydroxyl groups is 1. The Morgan fingerprint density at radius 3 is 2.56 bits per heavy atom. The summed E-state index contributed by atoms with van der Waals surface area (Å²) in [6, 6.07) is 18.1. The van der Waals surface area contributed by atoms with Crippen molar-refractivity contribution in [2.75, 3.05) is 6.54 Å². The molecule has 0 radical (unpaired) electrons. The smallest absolute Gasteiger partial charge is 0.271 e. The molecule has 4 rings (SSSR count). The standard InChI is InChI=1S/C28H27ClN4O3/c29-25-13-21(11-12-26(25)34)28(36)33-32-17-22-10-9-20(23-3-1-2-4-24(22)23)14-27(35)31-16-19-7-5-18(15-30)6-8-19/h1-4,9-13,17-19,34H,5-8,14,16H2,(H,31,35)(H,33,36)/b32-17+. The summed E-state index contributed by atoms with van der Waals surface area (Å²) in [5.41, 5.74) is 4.46. The van der Waals surface area contributed by atoms with Gasteiger partial charge in [-0.15, -0.1) is 0 Å². The van der Waals surface area contributed by atoms with Crippen LogP contribution in [0.1, 0.15) is 47.2 Å². The van der Waals surface area contributed by atoms with E-state index in [1.807, 2.05) is 36.4 Å². The first-order chi connectivity index (χ1) is 17.4. The van der Waals surface area contributed by atoms with Crippen LogP contribution in [-0.2, 0) is 11.2 Å². The number of hydrazone groups is 1. The Hall–Kier alpha value is -3.89. The largest absolute Gasteiger partial charge is 0.506 e. The SMILES string of the molecule is N#CC1CCC(CNC(=O)Cc2ccc(/C=N/NC(=O)c3ccc(O)c(Cl)c3)c3ccccc23)CC1. The first kappa shape index (κ1) is 25.2. The van der Waals surface area contributed by atoms with E-state index in [-0.39, 0.29) is 34.6 Å². The Balaban J connectivity index is 1.39. The van der Waals surface area contributed by atoms with Crippen LogP contribution >= 0.6 is 11.6 Å². The molecule has 8 heteroatoms. The van der Waals surface area contributed by atoms with E-state index in [0.717, 1.165) is 47.6 Å². The van der Waals surface area contributed by atoms with Crippen molar-refractivity contribution in [1.82, 2.24) is 10.7 Å². The summed E-state index contributed by atoms with van der Waals surface area (Å²) in [5.74, 6) is 0.0158. The lowest BCUT2D eigenvalue weighted by atomic mass is 9.83. The van der Waals surface area contributed by atoms with Gasteiger partial charge in [0.15, 0.2) is 0 Å². The highest BCUT2D eigenvalue weighted by atomic mass is 35.5. The van der Waals surface area contributed by atoms with Crippen LogP contribution in [0.2, 0.25) is 5.02 Å². The van der Waals surface area contributed by atoms with Gasteiger partial charge >= 0.3 is 0 Å². The molecule has 0 saturated heterocycles. The Labute approximate surface area is 214 Å². The first-order valence-electron chi connectivity index (χ1n) is 11.9. The second-order valence-corrected chi connectivity index (χ2v) is 9.46. The highest BCUT2D eigenvalue weighted by molar-refractivity contribution is 6.32. The zero-order chi connectivity index (χ0) is 25.5. The van der Waals surface area contributed by atoms with Crippen molar-refractivity contribution in [3.63, 3.8) is 0 Å². The molecule has 0 aromatic heterocycles. The van der Waals surface area contributed by atoms with E-state index in [1.54, 1.807) is 6.21 Å². The van der Waals surface area contributed by atoms with Crippen LogP contribution in [0.15, 0.2) is 59.7 Å². The van der Waals surface area contributed by atoms with Crippen molar-refractivity contribution in [2.45, 2.75) is 32.1 Å². The molecule has 0 spiro atoms. The summed E-state index contributed by atoms with van der Waals surface area (Å²) in [5, 5.41) is 27.6. The summed E-state index contributed by atoms with van der Waals surface area (Å²) in [7, 11) is 0. The van der Waals surface area contributed by atoms with E-state index in [2.05, 4.69) is 21.9 Å². The van der Waals surface area contributed by atoms with Crippen molar-refractivity contribution in [2.24, 2.45) is 16.9 Å². The number of nitriles is 1. The number of rotatable bonds is 7. The molecular weight excluding hydrogens is 476 g/mol. The van der Waals surface area contributed by atoms with Crippen molar-refractivity contribution in [3.05, 3.63) is 76.3 Å². The molecule has 36 heavy (non-hydrogen) atoms. The van der Waals surface area contributed by atoms with Crippen molar-refractivity contribution >= 4 is 40.4 Å². The number of carbonyl (C=O) groups is 2. The van der Waals surface area contributed by atoms with Gasteiger partial charge in [0.25, 0.3) is 5.91 Å². The minimum Gasteiger partial charge on any atom is -0.506 e. The lowest BCUT2D eigenvalue weighted by Gasteiger charge is -2.24. The number of halogens is 1. The number of amides is 2. The predicted octanol–water partition coefficient (Wildman–Crippen LogP) is 4.95. The number of nitrogens with zero attached hydrogens (tertiary/aromatic N) is 2. The second kappa shape index (κ2) is 11.7. The summed E-state index contributed by atoms with van der Waals surface area (Å²) < 4.78 is 0. The molecule has 0 aliphatic heterocycles. The van der Waals surface area contributed by atoms with Gasteiger partial charge in [0.2, 0.25) is 5.91 Å². The van der Waals surface area contributed by atoms with Gasteiger partial charge in [-0.2, -0.15) is 10.4 Å². The van der Waals surface area contributed by atoms with E-state index in [0.29, 0.717) is 12.5 Å². The molecule has 1 fully saturated rings. The number of hydrogen-bond acceptors (Lipinski definition) is 5. The van der Waals surface area contributed by atoms with Gasteiger partial charge in [0.1, 0.15) is 5.75 Å². The van der Waals surface area contributed by atoms with Gasteiger partial charge in [0, 0.05) is 23.6 Å². The topological polar surface area (TPSA) is 115 Å². The second-order valence-electron chi connectivity index (χ2n) is 9.05. The Kier molecular flexibility index (Phi) is 8.19. The lowest BCUT2D eigenvalue weighted by molar-refractivity contribution is -0.120. The summed E-state index contributed by atoms with van der Waals surface area (Å²) >= 11 is 5.87. The number of phenolic OH excluding ortho intramolecular Hbond substituents is 1. The van der Waals surface area contributed by atoms with Crippen LogP contribution in [0.3, 0.4) is 0 Å². The van der Waals surface area contributed by atoms with Gasteiger partial charge in [-0.25, -0.2) is 5.43 Å². The minimum absolute atomic E-state index is 0.0243. The van der Waals surface area contributed by atoms with Crippen LogP contribution < -0.4 is 10.7 Å². The van der Waals surface area contributed by atoms with E-state index < -0.39 is 5.91 Å². The molecule has 7 nitrogen and oxygen atoms in total.